The van der Waals surface area contributed by atoms with Gasteiger partial charge >= 0.3 is 0 Å². The highest BCUT2D eigenvalue weighted by Crippen LogP contribution is 2.23. The van der Waals surface area contributed by atoms with Crippen LogP contribution in [0.2, 0.25) is 0 Å². The number of hydrogen-bond acceptors (Lipinski definition) is 5. The van der Waals surface area contributed by atoms with E-state index in [1.54, 1.807) is 25.1 Å². The van der Waals surface area contributed by atoms with Crippen molar-refractivity contribution in [2.45, 2.75) is 38.5 Å². The van der Waals surface area contributed by atoms with Crippen molar-refractivity contribution < 1.29 is 8.42 Å². The second-order valence-electron chi connectivity index (χ2n) is 6.84. The van der Waals surface area contributed by atoms with Crippen molar-refractivity contribution in [3.05, 3.63) is 41.5 Å². The molecule has 0 spiro atoms. The Morgan fingerprint density at radius 2 is 1.96 bits per heavy atom. The smallest absolute Gasteiger partial charge is 0.263 e. The monoisotopic (exact) mass is 360 g/mol. The Hall–Kier alpha value is -2.15. The van der Waals surface area contributed by atoms with E-state index in [0.717, 1.165) is 30.9 Å². The van der Waals surface area contributed by atoms with Crippen molar-refractivity contribution in [1.29, 1.82) is 0 Å². The van der Waals surface area contributed by atoms with Crippen LogP contribution in [-0.4, -0.2) is 31.7 Å². The molecule has 3 rings (SSSR count). The average molecular weight is 360 g/mol. The van der Waals surface area contributed by atoms with Gasteiger partial charge in [0.1, 0.15) is 0 Å². The first kappa shape index (κ1) is 17.7. The highest BCUT2D eigenvalue weighted by molar-refractivity contribution is 7.92. The minimum absolute atomic E-state index is 0.230. The molecule has 7 heteroatoms. The molecule has 134 valence electrons. The summed E-state index contributed by atoms with van der Waals surface area (Å²) in [7, 11) is -3.67. The van der Waals surface area contributed by atoms with Gasteiger partial charge in [-0.2, -0.15) is 0 Å². The fourth-order valence-corrected chi connectivity index (χ4v) is 4.46. The number of piperidine rings is 1. The number of hydrogen-bond donors (Lipinski definition) is 1. The van der Waals surface area contributed by atoms with Gasteiger partial charge in [0.05, 0.1) is 4.90 Å². The molecule has 1 N–H and O–H groups in total. The molecule has 0 bridgehead atoms. The molecule has 6 nitrogen and oxygen atoms in total. The molecule has 1 unspecified atom stereocenters. The van der Waals surface area contributed by atoms with Gasteiger partial charge in [0, 0.05) is 13.1 Å². The van der Waals surface area contributed by atoms with Gasteiger partial charge in [0.2, 0.25) is 0 Å². The Bertz CT molecular complexity index is 850. The number of aryl methyl sites for hydroxylation is 2. The number of rotatable bonds is 4. The Labute approximate surface area is 149 Å². The normalized spacial score (nSPS) is 18.2. The molecule has 0 saturated carbocycles. The minimum Gasteiger partial charge on any atom is -0.355 e. The molecule has 0 radical (unpaired) electrons. The predicted octanol–water partition coefficient (Wildman–Crippen LogP) is 3.13. The average Bonchev–Trinajstić information content (AvgIpc) is 2.54. The van der Waals surface area contributed by atoms with Crippen molar-refractivity contribution in [1.82, 2.24) is 10.2 Å². The van der Waals surface area contributed by atoms with Crippen LogP contribution >= 0.6 is 0 Å². The number of aromatic nitrogens is 2. The lowest BCUT2D eigenvalue weighted by Gasteiger charge is -2.31. The number of anilines is 2. The van der Waals surface area contributed by atoms with E-state index >= 15 is 0 Å². The van der Waals surface area contributed by atoms with Crippen molar-refractivity contribution in [2.24, 2.45) is 5.92 Å². The molecular formula is C18H24N4O2S. The Kier molecular flexibility index (Phi) is 4.94. The largest absolute Gasteiger partial charge is 0.355 e. The summed E-state index contributed by atoms with van der Waals surface area (Å²) in [6.07, 6.45) is 2.38. The summed E-state index contributed by atoms with van der Waals surface area (Å²) in [6, 6.07) is 8.74. The first-order valence-corrected chi connectivity index (χ1v) is 10.0. The number of sulfonamides is 1. The maximum absolute atomic E-state index is 12.6. The molecule has 1 aliphatic heterocycles. The van der Waals surface area contributed by atoms with Gasteiger partial charge in [-0.1, -0.05) is 24.6 Å². The van der Waals surface area contributed by atoms with Gasteiger partial charge in [-0.3, -0.25) is 4.72 Å². The molecule has 0 amide bonds. The van der Waals surface area contributed by atoms with Crippen LogP contribution in [-0.2, 0) is 10.0 Å². The molecular weight excluding hydrogens is 336 g/mol. The van der Waals surface area contributed by atoms with Crippen LogP contribution in [0.25, 0.3) is 0 Å². The maximum atomic E-state index is 12.6. The third kappa shape index (κ3) is 4.10. The topological polar surface area (TPSA) is 75.2 Å². The summed E-state index contributed by atoms with van der Waals surface area (Å²) in [5.74, 6) is 1.66. The fraction of sp³-hybridized carbons (Fsp3) is 0.444. The van der Waals surface area contributed by atoms with Crippen molar-refractivity contribution in [2.75, 3.05) is 22.7 Å². The van der Waals surface area contributed by atoms with E-state index in [1.807, 2.05) is 19.1 Å². The summed E-state index contributed by atoms with van der Waals surface area (Å²) in [5.41, 5.74) is 1.73. The molecule has 2 heterocycles. The zero-order valence-corrected chi connectivity index (χ0v) is 15.7. The highest BCUT2D eigenvalue weighted by atomic mass is 32.2. The summed E-state index contributed by atoms with van der Waals surface area (Å²) < 4.78 is 27.7. The zero-order valence-electron chi connectivity index (χ0n) is 14.9. The zero-order chi connectivity index (χ0) is 18.0. The molecule has 1 aliphatic rings. The van der Waals surface area contributed by atoms with Crippen LogP contribution in [0, 0.1) is 19.8 Å². The van der Waals surface area contributed by atoms with Gasteiger partial charge < -0.3 is 4.90 Å². The molecule has 0 aliphatic carbocycles. The summed E-state index contributed by atoms with van der Waals surface area (Å²) >= 11 is 0. The van der Waals surface area contributed by atoms with Crippen molar-refractivity contribution in [3.63, 3.8) is 0 Å². The molecule has 1 atom stereocenters. The lowest BCUT2D eigenvalue weighted by Crippen LogP contribution is -2.34. The predicted molar refractivity (Wildman–Crippen MR) is 99.4 cm³/mol. The van der Waals surface area contributed by atoms with E-state index in [2.05, 4.69) is 26.7 Å². The van der Waals surface area contributed by atoms with Gasteiger partial charge in [-0.05, 0) is 56.4 Å². The van der Waals surface area contributed by atoms with Gasteiger partial charge in [-0.25, -0.2) is 8.42 Å². The van der Waals surface area contributed by atoms with Crippen LogP contribution in [0.15, 0.2) is 35.2 Å². The summed E-state index contributed by atoms with van der Waals surface area (Å²) in [4.78, 5) is 2.46. The van der Waals surface area contributed by atoms with Crippen LogP contribution < -0.4 is 9.62 Å². The van der Waals surface area contributed by atoms with Crippen LogP contribution in [0.4, 0.5) is 11.6 Å². The third-order valence-electron chi connectivity index (χ3n) is 4.49. The Morgan fingerprint density at radius 1 is 1.16 bits per heavy atom. The molecule has 1 aromatic heterocycles. The maximum Gasteiger partial charge on any atom is 0.263 e. The van der Waals surface area contributed by atoms with Crippen molar-refractivity contribution >= 4 is 21.7 Å². The number of benzene rings is 1. The summed E-state index contributed by atoms with van der Waals surface area (Å²) in [5, 5.41) is 8.26. The quantitative estimate of drug-likeness (QED) is 0.907. The van der Waals surface area contributed by atoms with E-state index in [4.69, 9.17) is 0 Å². The number of nitrogens with zero attached hydrogens (tertiary/aromatic N) is 3. The molecule has 25 heavy (non-hydrogen) atoms. The SMILES string of the molecule is Cc1ccc(S(=O)(=O)Nc2ccc(N3CCCC(C)C3)nn2)c(C)c1. The van der Waals surface area contributed by atoms with E-state index in [-0.39, 0.29) is 10.7 Å². The fourth-order valence-electron chi connectivity index (χ4n) is 3.24. The second kappa shape index (κ2) is 7.00. The second-order valence-corrected chi connectivity index (χ2v) is 8.50. The number of nitrogens with one attached hydrogen (secondary N) is 1. The van der Waals surface area contributed by atoms with Crippen LogP contribution in [0.5, 0.6) is 0 Å². The van der Waals surface area contributed by atoms with E-state index in [9.17, 15) is 8.42 Å². The lowest BCUT2D eigenvalue weighted by atomic mass is 10.0. The first-order chi connectivity index (χ1) is 11.8. The molecule has 1 aromatic carbocycles. The van der Waals surface area contributed by atoms with E-state index < -0.39 is 10.0 Å². The molecule has 1 fully saturated rings. The van der Waals surface area contributed by atoms with Crippen LogP contribution in [0.3, 0.4) is 0 Å². The Morgan fingerprint density at radius 3 is 2.60 bits per heavy atom. The van der Waals surface area contributed by atoms with Crippen molar-refractivity contribution in [3.8, 4) is 0 Å². The Balaban J connectivity index is 1.76. The van der Waals surface area contributed by atoms with E-state index in [0.29, 0.717) is 11.5 Å². The van der Waals surface area contributed by atoms with Crippen LogP contribution in [0.1, 0.15) is 30.9 Å². The van der Waals surface area contributed by atoms with Gasteiger partial charge in [-0.15, -0.1) is 10.2 Å². The molecule has 2 aromatic rings. The van der Waals surface area contributed by atoms with Gasteiger partial charge in [0.15, 0.2) is 11.6 Å². The highest BCUT2D eigenvalue weighted by Gasteiger charge is 2.20. The molecule has 1 saturated heterocycles. The van der Waals surface area contributed by atoms with E-state index in [1.165, 1.54) is 6.42 Å². The standard InChI is InChI=1S/C18H24N4O2S/c1-13-6-7-16(15(3)11-13)25(23,24)21-17-8-9-18(20-19-17)22-10-4-5-14(2)12-22/h6-9,11,14H,4-5,10,12H2,1-3H3,(H,19,21). The third-order valence-corrected chi connectivity index (χ3v) is 6.01. The van der Waals surface area contributed by atoms with Gasteiger partial charge in [0.25, 0.3) is 10.0 Å². The minimum atomic E-state index is -3.67. The first-order valence-electron chi connectivity index (χ1n) is 8.54. The lowest BCUT2D eigenvalue weighted by molar-refractivity contribution is 0.444. The summed E-state index contributed by atoms with van der Waals surface area (Å²) in [6.45, 7) is 7.87.